The molecule has 55 heavy (non-hydrogen) atoms. The van der Waals surface area contributed by atoms with E-state index < -0.39 is 34.1 Å². The molecule has 0 aromatic heterocycles. The highest BCUT2D eigenvalue weighted by Gasteiger charge is 2.74. The van der Waals surface area contributed by atoms with E-state index in [-0.39, 0.29) is 36.2 Å². The highest BCUT2D eigenvalue weighted by molar-refractivity contribution is 6.14. The zero-order valence-corrected chi connectivity index (χ0v) is 32.2. The molecule has 6 aliphatic carbocycles. The number of fused-ring (bicyclic) bond motifs is 2. The van der Waals surface area contributed by atoms with Crippen LogP contribution in [0.3, 0.4) is 0 Å². The normalized spacial score (nSPS) is 35.3. The lowest BCUT2D eigenvalue weighted by atomic mass is 9.32. The van der Waals surface area contributed by atoms with E-state index in [2.05, 4.69) is 79.4 Å². The van der Waals surface area contributed by atoms with Gasteiger partial charge in [-0.1, -0.05) is 129 Å². The number of carbonyl (C=O) groups excluding carboxylic acids is 1. The van der Waals surface area contributed by atoms with Gasteiger partial charge in [0.25, 0.3) is 0 Å². The lowest BCUT2D eigenvalue weighted by molar-refractivity contribution is -0.177. The van der Waals surface area contributed by atoms with Crippen LogP contribution in [-0.2, 0) is 6.54 Å². The highest BCUT2D eigenvalue weighted by atomic mass is 16.3. The Balaban J connectivity index is 1.14. The van der Waals surface area contributed by atoms with Crippen molar-refractivity contribution in [3.8, 4) is 11.1 Å². The average molecular weight is 738 g/mol. The number of aliphatic hydroxyl groups is 4. The molecule has 6 aliphatic rings. The molecule has 286 valence electrons. The van der Waals surface area contributed by atoms with E-state index in [0.29, 0.717) is 31.5 Å². The number of carbonyl (C=O) groups is 1. The number of aliphatic hydroxyl groups excluding tert-OH is 3. The molecule has 6 nitrogen and oxygen atoms in total. The molecule has 0 aliphatic heterocycles. The maximum atomic E-state index is 15.5. The number of nitrogens with zero attached hydrogens (tertiary/aromatic N) is 1. The summed E-state index contributed by atoms with van der Waals surface area (Å²) in [5.74, 6) is 0.246. The Bertz CT molecular complexity index is 2170. The van der Waals surface area contributed by atoms with Crippen molar-refractivity contribution >= 4 is 16.6 Å². The van der Waals surface area contributed by atoms with Crippen molar-refractivity contribution in [2.24, 2.45) is 33.5 Å². The summed E-state index contributed by atoms with van der Waals surface area (Å²) in [6, 6.07) is 32.7. The lowest BCUT2D eigenvalue weighted by Crippen LogP contribution is -2.67. The number of benzene rings is 4. The molecule has 0 heterocycles. The molecular weight excluding hydrogens is 683 g/mol. The van der Waals surface area contributed by atoms with E-state index in [4.69, 9.17) is 0 Å². The second-order valence-electron chi connectivity index (χ2n) is 18.2. The quantitative estimate of drug-likeness (QED) is 0.0969. The second kappa shape index (κ2) is 13.3. The van der Waals surface area contributed by atoms with Gasteiger partial charge in [0.2, 0.25) is 0 Å². The molecule has 4 aromatic rings. The third-order valence-electron chi connectivity index (χ3n) is 15.7. The first-order chi connectivity index (χ1) is 26.5. The van der Waals surface area contributed by atoms with Crippen LogP contribution in [0.15, 0.2) is 121 Å². The molecule has 9 atom stereocenters. The molecule has 4 aromatic carbocycles. The van der Waals surface area contributed by atoms with E-state index in [1.807, 2.05) is 54.6 Å². The topological polar surface area (TPSA) is 101 Å². The summed E-state index contributed by atoms with van der Waals surface area (Å²) in [5, 5.41) is 47.5. The number of allylic oxidation sites excluding steroid dienone is 4. The molecule has 2 spiro atoms. The van der Waals surface area contributed by atoms with Gasteiger partial charge in [0.15, 0.2) is 5.78 Å². The zero-order chi connectivity index (χ0) is 38.2. The zero-order valence-electron chi connectivity index (χ0n) is 32.2. The SMILES string of the molecule is CC12CCC(O)CC13C=CC1(C(C(=O)c4ccccc4-c4ccccc4)=C3)C2CCC2(C)C1CCC2(O)CN(Cc1cccc2ccccc12)CC(O)CO. The van der Waals surface area contributed by atoms with Crippen LogP contribution in [0.1, 0.15) is 74.7 Å². The number of rotatable bonds is 10. The van der Waals surface area contributed by atoms with Gasteiger partial charge >= 0.3 is 0 Å². The van der Waals surface area contributed by atoms with Crippen molar-refractivity contribution in [2.75, 3.05) is 19.7 Å². The fourth-order valence-corrected chi connectivity index (χ4v) is 12.9. The van der Waals surface area contributed by atoms with Crippen LogP contribution in [0.5, 0.6) is 0 Å². The van der Waals surface area contributed by atoms with Crippen LogP contribution in [0.2, 0.25) is 0 Å². The van der Waals surface area contributed by atoms with Crippen LogP contribution < -0.4 is 0 Å². The predicted octanol–water partition coefficient (Wildman–Crippen LogP) is 8.14. The Morgan fingerprint density at radius 1 is 0.818 bits per heavy atom. The lowest BCUT2D eigenvalue weighted by Gasteiger charge is -2.71. The molecule has 3 saturated carbocycles. The van der Waals surface area contributed by atoms with Gasteiger partial charge in [0, 0.05) is 47.0 Å². The van der Waals surface area contributed by atoms with Gasteiger partial charge in [0.1, 0.15) is 0 Å². The van der Waals surface area contributed by atoms with Crippen molar-refractivity contribution in [1.82, 2.24) is 4.90 Å². The van der Waals surface area contributed by atoms with Crippen molar-refractivity contribution in [1.29, 1.82) is 0 Å². The van der Waals surface area contributed by atoms with Crippen molar-refractivity contribution in [3.63, 3.8) is 0 Å². The molecule has 0 amide bonds. The summed E-state index contributed by atoms with van der Waals surface area (Å²) in [5.41, 5.74) is 1.83. The van der Waals surface area contributed by atoms with Gasteiger partial charge in [-0.25, -0.2) is 0 Å². The van der Waals surface area contributed by atoms with E-state index in [0.717, 1.165) is 65.1 Å². The van der Waals surface area contributed by atoms with Gasteiger partial charge in [0.05, 0.1) is 24.4 Å². The van der Waals surface area contributed by atoms with Crippen molar-refractivity contribution in [3.05, 3.63) is 132 Å². The van der Waals surface area contributed by atoms with E-state index in [1.165, 1.54) is 0 Å². The largest absolute Gasteiger partial charge is 0.394 e. The number of ketones is 1. The van der Waals surface area contributed by atoms with Gasteiger partial charge < -0.3 is 20.4 Å². The minimum Gasteiger partial charge on any atom is -0.394 e. The standard InChI is InChI=1S/C49H55NO5/c1-45-22-19-36(52)27-47(45)25-26-49(41(28-47)44(54)40-18-9-8-17-39(40)34-11-4-3-5-12-34)42(45)20-23-46(2)43(49)21-24-48(46,55)32-50(30-37(53)31-51)29-35-15-10-14-33-13-6-7-16-38(33)35/h3-18,25-26,28,36-37,42-43,51-53,55H,19-24,27,29-32H2,1-2H3. The summed E-state index contributed by atoms with van der Waals surface area (Å²) in [4.78, 5) is 17.6. The van der Waals surface area contributed by atoms with Crippen LogP contribution in [0.25, 0.3) is 21.9 Å². The fourth-order valence-electron chi connectivity index (χ4n) is 12.9. The smallest absolute Gasteiger partial charge is 0.190 e. The molecule has 2 bridgehead atoms. The fraction of sp³-hybridized carbons (Fsp3) is 0.449. The summed E-state index contributed by atoms with van der Waals surface area (Å²) < 4.78 is 0. The minimum absolute atomic E-state index is 0.00299. The van der Waals surface area contributed by atoms with Gasteiger partial charge in [-0.15, -0.1) is 0 Å². The Labute approximate surface area is 325 Å². The minimum atomic E-state index is -1.10. The highest BCUT2D eigenvalue weighted by Crippen LogP contribution is 2.78. The van der Waals surface area contributed by atoms with Gasteiger partial charge in [-0.05, 0) is 89.7 Å². The van der Waals surface area contributed by atoms with E-state index in [1.54, 1.807) is 0 Å². The molecule has 0 saturated heterocycles. The van der Waals surface area contributed by atoms with Gasteiger partial charge in [-0.2, -0.15) is 0 Å². The number of hydrogen-bond donors (Lipinski definition) is 4. The molecular formula is C49H55NO5. The van der Waals surface area contributed by atoms with Crippen molar-refractivity contribution < 1.29 is 25.2 Å². The summed E-state index contributed by atoms with van der Waals surface area (Å²) in [6.45, 7) is 5.45. The molecule has 6 heteroatoms. The van der Waals surface area contributed by atoms with E-state index in [9.17, 15) is 20.4 Å². The molecule has 4 N–H and O–H groups in total. The molecule has 9 unspecified atom stereocenters. The number of hydrogen-bond acceptors (Lipinski definition) is 6. The van der Waals surface area contributed by atoms with Crippen LogP contribution in [-0.4, -0.2) is 68.6 Å². The number of Topliss-reactive ketones (excluding diaryl/α,β-unsaturated/α-hetero) is 1. The Morgan fingerprint density at radius 2 is 1.51 bits per heavy atom. The molecule has 0 radical (unpaired) electrons. The van der Waals surface area contributed by atoms with Crippen molar-refractivity contribution in [2.45, 2.75) is 83.1 Å². The Morgan fingerprint density at radius 3 is 2.33 bits per heavy atom. The average Bonchev–Trinajstić information content (AvgIpc) is 3.47. The van der Waals surface area contributed by atoms with Gasteiger partial charge in [-0.3, -0.25) is 9.69 Å². The predicted molar refractivity (Wildman–Crippen MR) is 217 cm³/mol. The third kappa shape index (κ3) is 5.43. The Kier molecular flexibility index (Phi) is 8.91. The summed E-state index contributed by atoms with van der Waals surface area (Å²) in [7, 11) is 0. The second-order valence-corrected chi connectivity index (χ2v) is 18.2. The molecule has 10 rings (SSSR count). The monoisotopic (exact) mass is 737 g/mol. The van der Waals surface area contributed by atoms with Crippen LogP contribution >= 0.6 is 0 Å². The maximum Gasteiger partial charge on any atom is 0.190 e. The first-order valence-corrected chi connectivity index (χ1v) is 20.5. The third-order valence-corrected chi connectivity index (χ3v) is 15.7. The van der Waals surface area contributed by atoms with Crippen LogP contribution in [0, 0.1) is 33.5 Å². The first kappa shape index (κ1) is 36.7. The maximum absolute atomic E-state index is 15.5. The molecule has 3 fully saturated rings. The summed E-state index contributed by atoms with van der Waals surface area (Å²) >= 11 is 0. The first-order valence-electron chi connectivity index (χ1n) is 20.5. The van der Waals surface area contributed by atoms with Crippen LogP contribution in [0.4, 0.5) is 0 Å². The summed E-state index contributed by atoms with van der Waals surface area (Å²) in [6.07, 6.45) is 11.0. The van der Waals surface area contributed by atoms with E-state index >= 15 is 4.79 Å². The Hall–Kier alpha value is -3.91.